The Morgan fingerprint density at radius 3 is 3.00 bits per heavy atom. The molecule has 1 atom stereocenters. The van der Waals surface area contributed by atoms with E-state index < -0.39 is 0 Å². The van der Waals surface area contributed by atoms with Crippen molar-refractivity contribution in [3.63, 3.8) is 0 Å². The summed E-state index contributed by atoms with van der Waals surface area (Å²) in [6.45, 7) is 0.941. The van der Waals surface area contributed by atoms with Crippen LogP contribution in [0.25, 0.3) is 0 Å². The molecule has 23 heavy (non-hydrogen) atoms. The number of para-hydroxylation sites is 1. The van der Waals surface area contributed by atoms with Gasteiger partial charge in [-0.25, -0.2) is 4.79 Å². The number of hydrogen-bond acceptors (Lipinski definition) is 3. The number of benzene rings is 2. The fourth-order valence-electron chi connectivity index (χ4n) is 2.62. The summed E-state index contributed by atoms with van der Waals surface area (Å²) in [5, 5.41) is 5.81. The molecule has 1 heterocycles. The van der Waals surface area contributed by atoms with Gasteiger partial charge in [0.25, 0.3) is 0 Å². The third kappa shape index (κ3) is 3.94. The molecule has 2 aromatic carbocycles. The molecule has 1 aliphatic heterocycles. The summed E-state index contributed by atoms with van der Waals surface area (Å²) in [6, 6.07) is 15.3. The third-order valence-electron chi connectivity index (χ3n) is 3.80. The van der Waals surface area contributed by atoms with Crippen LogP contribution in [0, 0.1) is 0 Å². The second-order valence-electron chi connectivity index (χ2n) is 5.50. The van der Waals surface area contributed by atoms with Gasteiger partial charge in [-0.1, -0.05) is 30.3 Å². The molecule has 3 rings (SSSR count). The van der Waals surface area contributed by atoms with E-state index in [4.69, 9.17) is 9.47 Å². The number of urea groups is 1. The van der Waals surface area contributed by atoms with Crippen LogP contribution in [0.5, 0.6) is 11.5 Å². The lowest BCUT2D eigenvalue weighted by Crippen LogP contribution is -2.47. The molecule has 0 saturated carbocycles. The van der Waals surface area contributed by atoms with Crippen molar-refractivity contribution in [2.24, 2.45) is 0 Å². The maximum Gasteiger partial charge on any atom is 0.315 e. The molecule has 1 unspecified atom stereocenters. The Balaban J connectivity index is 1.50. The fraction of sp³-hybridized carbons (Fsp3) is 0.278. The van der Waals surface area contributed by atoms with Crippen molar-refractivity contribution in [1.82, 2.24) is 10.6 Å². The van der Waals surface area contributed by atoms with Crippen molar-refractivity contribution >= 4 is 6.03 Å². The number of fused-ring (bicyclic) bond motifs is 1. The lowest BCUT2D eigenvalue weighted by atomic mass is 10.0. The van der Waals surface area contributed by atoms with Gasteiger partial charge in [0.15, 0.2) is 0 Å². The Morgan fingerprint density at radius 2 is 2.13 bits per heavy atom. The first-order valence-electron chi connectivity index (χ1n) is 7.62. The highest BCUT2D eigenvalue weighted by Crippen LogP contribution is 2.23. The zero-order valence-electron chi connectivity index (χ0n) is 13.0. The van der Waals surface area contributed by atoms with Gasteiger partial charge in [-0.2, -0.15) is 0 Å². The second kappa shape index (κ2) is 7.05. The Labute approximate surface area is 135 Å². The summed E-state index contributed by atoms with van der Waals surface area (Å²) in [7, 11) is 1.63. The number of amides is 2. The minimum Gasteiger partial charge on any atom is -0.497 e. The van der Waals surface area contributed by atoms with E-state index in [2.05, 4.69) is 10.6 Å². The van der Waals surface area contributed by atoms with Crippen LogP contribution in [-0.2, 0) is 13.0 Å². The van der Waals surface area contributed by atoms with Crippen molar-refractivity contribution in [3.05, 3.63) is 59.7 Å². The lowest BCUT2D eigenvalue weighted by Gasteiger charge is -2.26. The van der Waals surface area contributed by atoms with Gasteiger partial charge in [0.1, 0.15) is 18.1 Å². The summed E-state index contributed by atoms with van der Waals surface area (Å²) >= 11 is 0. The number of nitrogens with one attached hydrogen (secondary N) is 2. The molecular formula is C18H20N2O3. The van der Waals surface area contributed by atoms with Gasteiger partial charge < -0.3 is 20.1 Å². The summed E-state index contributed by atoms with van der Waals surface area (Å²) in [4.78, 5) is 12.0. The highest BCUT2D eigenvalue weighted by molar-refractivity contribution is 5.74. The summed E-state index contributed by atoms with van der Waals surface area (Å²) in [6.07, 6.45) is 0.781. The van der Waals surface area contributed by atoms with E-state index in [0.29, 0.717) is 13.2 Å². The number of carbonyl (C=O) groups is 1. The van der Waals surface area contributed by atoms with Crippen molar-refractivity contribution in [2.45, 2.75) is 19.0 Å². The van der Waals surface area contributed by atoms with Crippen molar-refractivity contribution in [1.29, 1.82) is 0 Å². The first kappa shape index (κ1) is 15.2. The average Bonchev–Trinajstić information content (AvgIpc) is 2.60. The minimum atomic E-state index is -0.194. The average molecular weight is 312 g/mol. The Morgan fingerprint density at radius 1 is 1.26 bits per heavy atom. The predicted octanol–water partition coefficient (Wildman–Crippen LogP) is 2.50. The Bertz CT molecular complexity index is 687. The normalized spacial score (nSPS) is 16.0. The van der Waals surface area contributed by atoms with Crippen LogP contribution in [0.4, 0.5) is 4.79 Å². The molecule has 5 heteroatoms. The van der Waals surface area contributed by atoms with Crippen LogP contribution in [0.3, 0.4) is 0 Å². The molecule has 0 spiro atoms. The number of rotatable bonds is 4. The van der Waals surface area contributed by atoms with Gasteiger partial charge in [-0.3, -0.25) is 0 Å². The number of carbonyl (C=O) groups excluding carboxylic acids is 1. The van der Waals surface area contributed by atoms with Gasteiger partial charge in [-0.15, -0.1) is 0 Å². The maximum atomic E-state index is 12.0. The monoisotopic (exact) mass is 312 g/mol. The van der Waals surface area contributed by atoms with E-state index in [1.807, 2.05) is 48.5 Å². The number of hydrogen-bond donors (Lipinski definition) is 2. The predicted molar refractivity (Wildman–Crippen MR) is 87.8 cm³/mol. The molecule has 120 valence electrons. The first-order chi connectivity index (χ1) is 11.2. The molecule has 2 amide bonds. The summed E-state index contributed by atoms with van der Waals surface area (Å²) in [5.41, 5.74) is 2.11. The minimum absolute atomic E-state index is 0.0183. The largest absolute Gasteiger partial charge is 0.497 e. The number of ether oxygens (including phenoxy) is 2. The highest BCUT2D eigenvalue weighted by atomic mass is 16.5. The molecule has 0 fully saturated rings. The van der Waals surface area contributed by atoms with Crippen molar-refractivity contribution < 1.29 is 14.3 Å². The maximum absolute atomic E-state index is 12.0. The first-order valence-corrected chi connectivity index (χ1v) is 7.62. The molecule has 2 aromatic rings. The van der Waals surface area contributed by atoms with Gasteiger partial charge in [0, 0.05) is 6.54 Å². The highest BCUT2D eigenvalue weighted by Gasteiger charge is 2.20. The zero-order chi connectivity index (χ0) is 16.1. The smallest absolute Gasteiger partial charge is 0.315 e. The quantitative estimate of drug-likeness (QED) is 0.912. The zero-order valence-corrected chi connectivity index (χ0v) is 13.0. The van der Waals surface area contributed by atoms with E-state index in [1.54, 1.807) is 7.11 Å². The van der Waals surface area contributed by atoms with Crippen LogP contribution >= 0.6 is 0 Å². The third-order valence-corrected chi connectivity index (χ3v) is 3.80. The molecule has 0 bridgehead atoms. The van der Waals surface area contributed by atoms with Crippen LogP contribution in [-0.4, -0.2) is 25.8 Å². The standard InChI is InChI=1S/C18H20N2O3/c1-22-16-7-4-5-13(9-16)11-19-18(21)20-15-10-14-6-2-3-8-17(14)23-12-15/h2-9,15H,10-12H2,1H3,(H2,19,20,21). The molecule has 5 nitrogen and oxygen atoms in total. The van der Waals surface area contributed by atoms with Crippen LogP contribution in [0.2, 0.25) is 0 Å². The Kier molecular flexibility index (Phi) is 4.66. The van der Waals surface area contributed by atoms with Gasteiger partial charge in [-0.05, 0) is 35.7 Å². The van der Waals surface area contributed by atoms with E-state index >= 15 is 0 Å². The van der Waals surface area contributed by atoms with E-state index in [-0.39, 0.29) is 12.1 Å². The topological polar surface area (TPSA) is 59.6 Å². The van der Waals surface area contributed by atoms with E-state index in [9.17, 15) is 4.79 Å². The molecule has 2 N–H and O–H groups in total. The molecular weight excluding hydrogens is 292 g/mol. The summed E-state index contributed by atoms with van der Waals surface area (Å²) in [5.74, 6) is 1.68. The van der Waals surface area contributed by atoms with E-state index in [0.717, 1.165) is 29.0 Å². The van der Waals surface area contributed by atoms with Gasteiger partial charge in [0.2, 0.25) is 0 Å². The van der Waals surface area contributed by atoms with Crippen molar-refractivity contribution in [2.75, 3.05) is 13.7 Å². The molecule has 0 saturated heterocycles. The van der Waals surface area contributed by atoms with Crippen molar-refractivity contribution in [3.8, 4) is 11.5 Å². The molecule has 0 aromatic heterocycles. The van der Waals surface area contributed by atoms with Crippen LogP contribution in [0.15, 0.2) is 48.5 Å². The second-order valence-corrected chi connectivity index (χ2v) is 5.50. The van der Waals surface area contributed by atoms with Gasteiger partial charge >= 0.3 is 6.03 Å². The number of methoxy groups -OCH3 is 1. The summed E-state index contributed by atoms with van der Waals surface area (Å²) < 4.78 is 10.8. The molecule has 1 aliphatic rings. The molecule has 0 aliphatic carbocycles. The van der Waals surface area contributed by atoms with Crippen LogP contribution < -0.4 is 20.1 Å². The fourth-order valence-corrected chi connectivity index (χ4v) is 2.62. The molecule has 0 radical (unpaired) electrons. The van der Waals surface area contributed by atoms with Gasteiger partial charge in [0.05, 0.1) is 13.2 Å². The Hall–Kier alpha value is -2.69. The lowest BCUT2D eigenvalue weighted by molar-refractivity contribution is 0.214. The SMILES string of the molecule is COc1cccc(CNC(=O)NC2COc3ccccc3C2)c1. The van der Waals surface area contributed by atoms with Crippen LogP contribution in [0.1, 0.15) is 11.1 Å². The van der Waals surface area contributed by atoms with E-state index in [1.165, 1.54) is 0 Å².